The molecule has 1 fully saturated rings. The van der Waals surface area contributed by atoms with Crippen molar-refractivity contribution < 1.29 is 13.9 Å². The first-order valence-electron chi connectivity index (χ1n) is 15.3. The molecule has 1 amide bonds. The topological polar surface area (TPSA) is 125 Å². The monoisotopic (exact) mass is 604 g/mol. The number of nitrogens with one attached hydrogen (secondary N) is 3. The van der Waals surface area contributed by atoms with Crippen molar-refractivity contribution in [3.63, 3.8) is 0 Å². The zero-order valence-corrected chi connectivity index (χ0v) is 24.9. The number of ether oxygens (including phenoxy) is 1. The van der Waals surface area contributed by atoms with Gasteiger partial charge in [0.2, 0.25) is 5.91 Å². The first-order valence-corrected chi connectivity index (χ1v) is 15.3. The van der Waals surface area contributed by atoms with Crippen LogP contribution in [0.1, 0.15) is 32.6 Å². The number of aromatic amines is 2. The van der Waals surface area contributed by atoms with E-state index in [1.165, 1.54) is 25.0 Å². The summed E-state index contributed by atoms with van der Waals surface area (Å²) < 4.78 is 20.7. The van der Waals surface area contributed by atoms with Gasteiger partial charge in [0, 0.05) is 58.8 Å². The molecule has 0 saturated carbocycles. The van der Waals surface area contributed by atoms with Crippen LogP contribution in [-0.2, 0) is 4.79 Å². The highest BCUT2D eigenvalue weighted by atomic mass is 19.1. The van der Waals surface area contributed by atoms with E-state index in [1.807, 2.05) is 37.3 Å². The molecule has 0 aliphatic carbocycles. The highest BCUT2D eigenvalue weighted by Gasteiger charge is 2.17. The van der Waals surface area contributed by atoms with Crippen molar-refractivity contribution in [2.45, 2.75) is 32.6 Å². The number of benzene rings is 1. The predicted octanol–water partition coefficient (Wildman–Crippen LogP) is 6.58. The number of H-pyrrole nitrogens is 2. The molecule has 0 bridgehead atoms. The van der Waals surface area contributed by atoms with Crippen LogP contribution in [0.25, 0.3) is 55.7 Å². The number of aromatic nitrogens is 6. The minimum Gasteiger partial charge on any atom is -0.492 e. The number of rotatable bonds is 10. The molecular formula is C34H33FN8O2. The Labute approximate surface area is 259 Å². The van der Waals surface area contributed by atoms with Crippen molar-refractivity contribution in [2.24, 2.45) is 0 Å². The summed E-state index contributed by atoms with van der Waals surface area (Å²) in [4.78, 5) is 31.5. The highest BCUT2D eigenvalue weighted by Crippen LogP contribution is 2.35. The summed E-state index contributed by atoms with van der Waals surface area (Å²) >= 11 is 0. The molecule has 11 heteroatoms. The van der Waals surface area contributed by atoms with Gasteiger partial charge in [0.05, 0.1) is 40.7 Å². The Morgan fingerprint density at radius 3 is 2.71 bits per heavy atom. The molecule has 7 rings (SSSR count). The van der Waals surface area contributed by atoms with E-state index in [1.54, 1.807) is 24.8 Å². The van der Waals surface area contributed by atoms with E-state index >= 15 is 0 Å². The van der Waals surface area contributed by atoms with Gasteiger partial charge in [-0.2, -0.15) is 5.10 Å². The van der Waals surface area contributed by atoms with Crippen molar-refractivity contribution in [1.29, 1.82) is 0 Å². The molecule has 3 N–H and O–H groups in total. The average molecular weight is 605 g/mol. The predicted molar refractivity (Wildman–Crippen MR) is 172 cm³/mol. The molecule has 0 unspecified atom stereocenters. The second kappa shape index (κ2) is 12.4. The third-order valence-electron chi connectivity index (χ3n) is 8.06. The first kappa shape index (κ1) is 28.6. The van der Waals surface area contributed by atoms with Crippen LogP contribution in [0.3, 0.4) is 0 Å². The molecule has 1 saturated heterocycles. The lowest BCUT2D eigenvalue weighted by atomic mass is 10.1. The zero-order valence-electron chi connectivity index (χ0n) is 24.9. The van der Waals surface area contributed by atoms with Crippen molar-refractivity contribution in [2.75, 3.05) is 31.6 Å². The molecule has 228 valence electrons. The molecule has 0 radical (unpaired) electrons. The van der Waals surface area contributed by atoms with Gasteiger partial charge >= 0.3 is 0 Å². The molecule has 0 spiro atoms. The lowest BCUT2D eigenvalue weighted by Crippen LogP contribution is -2.25. The van der Waals surface area contributed by atoms with Gasteiger partial charge in [-0.3, -0.25) is 29.7 Å². The Kier molecular flexibility index (Phi) is 7.91. The quantitative estimate of drug-likeness (QED) is 0.161. The van der Waals surface area contributed by atoms with E-state index in [4.69, 9.17) is 4.74 Å². The maximum absolute atomic E-state index is 14.8. The van der Waals surface area contributed by atoms with Gasteiger partial charge < -0.3 is 15.0 Å². The SMILES string of the molecule is CCCC(=O)Nc1cncc(-c2cc3c(-c4cc5c(-c6cc(F)cc(OCCN7CCCC7)c6)nccc5[nH]4)n[nH]c3cn2)c1. The Bertz CT molecular complexity index is 2000. The summed E-state index contributed by atoms with van der Waals surface area (Å²) in [7, 11) is 0. The van der Waals surface area contributed by atoms with Gasteiger partial charge in [0.1, 0.15) is 23.9 Å². The normalized spacial score (nSPS) is 13.6. The van der Waals surface area contributed by atoms with E-state index in [-0.39, 0.29) is 11.7 Å². The van der Waals surface area contributed by atoms with Crippen LogP contribution in [-0.4, -0.2) is 67.2 Å². The van der Waals surface area contributed by atoms with E-state index < -0.39 is 0 Å². The van der Waals surface area contributed by atoms with E-state index in [2.05, 4.69) is 40.3 Å². The number of anilines is 1. The van der Waals surface area contributed by atoms with E-state index in [0.717, 1.165) is 59.1 Å². The molecule has 10 nitrogen and oxygen atoms in total. The summed E-state index contributed by atoms with van der Waals surface area (Å²) in [6.07, 6.45) is 10.4. The van der Waals surface area contributed by atoms with Gasteiger partial charge in [-0.15, -0.1) is 0 Å². The lowest BCUT2D eigenvalue weighted by molar-refractivity contribution is -0.116. The zero-order chi connectivity index (χ0) is 30.8. The minimum absolute atomic E-state index is 0.0517. The van der Waals surface area contributed by atoms with Crippen LogP contribution in [0, 0.1) is 5.82 Å². The summed E-state index contributed by atoms with van der Waals surface area (Å²) in [6.45, 7) is 5.47. The van der Waals surface area contributed by atoms with Crippen molar-refractivity contribution in [3.05, 3.63) is 73.1 Å². The second-order valence-electron chi connectivity index (χ2n) is 11.3. The number of carbonyl (C=O) groups is 1. The number of fused-ring (bicyclic) bond motifs is 2. The number of pyridine rings is 3. The van der Waals surface area contributed by atoms with Crippen molar-refractivity contribution >= 4 is 33.4 Å². The number of hydrogen-bond acceptors (Lipinski definition) is 7. The third kappa shape index (κ3) is 6.12. The molecule has 6 heterocycles. The summed E-state index contributed by atoms with van der Waals surface area (Å²) in [5.41, 5.74) is 6.47. The molecule has 1 aromatic carbocycles. The Hall–Kier alpha value is -5.16. The average Bonchev–Trinajstić information content (AvgIpc) is 3.80. The third-order valence-corrected chi connectivity index (χ3v) is 8.06. The molecule has 1 aliphatic heterocycles. The van der Waals surface area contributed by atoms with Crippen LogP contribution in [0.5, 0.6) is 5.75 Å². The lowest BCUT2D eigenvalue weighted by Gasteiger charge is -2.15. The number of carbonyl (C=O) groups excluding carboxylic acids is 1. The molecule has 1 aliphatic rings. The summed E-state index contributed by atoms with van der Waals surface area (Å²) in [6, 6.07) is 12.4. The largest absolute Gasteiger partial charge is 0.492 e. The second-order valence-corrected chi connectivity index (χ2v) is 11.3. The number of amides is 1. The fourth-order valence-corrected chi connectivity index (χ4v) is 5.87. The Morgan fingerprint density at radius 1 is 0.978 bits per heavy atom. The maximum Gasteiger partial charge on any atom is 0.224 e. The van der Waals surface area contributed by atoms with E-state index in [0.29, 0.717) is 47.1 Å². The maximum atomic E-state index is 14.8. The van der Waals surface area contributed by atoms with Crippen LogP contribution in [0.2, 0.25) is 0 Å². The van der Waals surface area contributed by atoms with Crippen LogP contribution < -0.4 is 10.1 Å². The van der Waals surface area contributed by atoms with Gasteiger partial charge in [-0.1, -0.05) is 6.92 Å². The number of hydrogen-bond donors (Lipinski definition) is 3. The number of likely N-dealkylation sites (tertiary alicyclic amines) is 1. The molecular weight excluding hydrogens is 571 g/mol. The fraction of sp³-hybridized carbons (Fsp3) is 0.265. The van der Waals surface area contributed by atoms with Crippen LogP contribution in [0.15, 0.2) is 67.3 Å². The van der Waals surface area contributed by atoms with Gasteiger partial charge in [-0.05, 0) is 68.8 Å². The smallest absolute Gasteiger partial charge is 0.224 e. The summed E-state index contributed by atoms with van der Waals surface area (Å²) in [5.74, 6) is 0.0600. The minimum atomic E-state index is -0.375. The molecule has 5 aromatic heterocycles. The van der Waals surface area contributed by atoms with Crippen LogP contribution >= 0.6 is 0 Å². The Morgan fingerprint density at radius 2 is 1.84 bits per heavy atom. The molecule has 45 heavy (non-hydrogen) atoms. The van der Waals surface area contributed by atoms with Gasteiger partial charge in [-0.25, -0.2) is 4.39 Å². The standard InChI is InChI=1S/C34H33FN8O2/c1-2-5-32(44)39-24-13-22(18-36-19-24)29-16-27-31(20-38-29)41-42-34(27)30-17-26-28(40-30)6-7-37-33(26)21-12-23(35)15-25(14-21)45-11-10-43-8-3-4-9-43/h6-7,12-20,40H,2-5,8-11H2,1H3,(H,39,44)(H,41,42). The molecule has 6 aromatic rings. The molecule has 0 atom stereocenters. The van der Waals surface area contributed by atoms with E-state index in [9.17, 15) is 9.18 Å². The highest BCUT2D eigenvalue weighted by molar-refractivity contribution is 6.00. The van der Waals surface area contributed by atoms with Crippen molar-refractivity contribution in [1.82, 2.24) is 35.0 Å². The van der Waals surface area contributed by atoms with Crippen molar-refractivity contribution in [3.8, 4) is 39.7 Å². The number of halogens is 1. The number of nitrogens with zero attached hydrogens (tertiary/aromatic N) is 5. The van der Waals surface area contributed by atoms with Gasteiger partial charge in [0.15, 0.2) is 0 Å². The van der Waals surface area contributed by atoms with Gasteiger partial charge in [0.25, 0.3) is 0 Å². The first-order chi connectivity index (χ1) is 22.0. The summed E-state index contributed by atoms with van der Waals surface area (Å²) in [5, 5.41) is 12.3. The Balaban J connectivity index is 1.19. The fourth-order valence-electron chi connectivity index (χ4n) is 5.87. The van der Waals surface area contributed by atoms with Crippen LogP contribution in [0.4, 0.5) is 10.1 Å².